The fraction of sp³-hybridized carbons (Fsp3) is 0.793. The van der Waals surface area contributed by atoms with Gasteiger partial charge in [0.15, 0.2) is 6.29 Å². The quantitative estimate of drug-likeness (QED) is 0.0952. The van der Waals surface area contributed by atoms with Crippen LogP contribution in [-0.2, 0) is 33.4 Å². The van der Waals surface area contributed by atoms with Crippen molar-refractivity contribution in [2.75, 3.05) is 39.2 Å². The second-order valence-corrected chi connectivity index (χ2v) is 11.8. The number of rotatable bonds is 20. The van der Waals surface area contributed by atoms with Gasteiger partial charge < -0.3 is 24.6 Å². The number of carbonyl (C=O) groups is 4. The lowest BCUT2D eigenvalue weighted by atomic mass is 9.79. The van der Waals surface area contributed by atoms with Crippen molar-refractivity contribution in [3.05, 3.63) is 12.3 Å². The maximum atomic E-state index is 12.9. The van der Waals surface area contributed by atoms with Gasteiger partial charge in [-0.15, -0.1) is 11.8 Å². The van der Waals surface area contributed by atoms with Crippen LogP contribution < -0.4 is 5.32 Å². The van der Waals surface area contributed by atoms with Gasteiger partial charge in [0.05, 0.1) is 18.0 Å². The van der Waals surface area contributed by atoms with Gasteiger partial charge in [0.1, 0.15) is 12.4 Å². The first-order chi connectivity index (χ1) is 19.2. The third-order valence-corrected chi connectivity index (χ3v) is 8.81. The standard InChI is InChI=1S/C29H48N2O8S/c1-5-23(18-32)39-28(37-4)19-38-27(35)9-7-8-20(3)30-14-15-40-25-16-26(34)31(29(25)36)17-21-10-12-22(13-11-21)24(33)6-2/h21-23,25,28,30,32H,3,5-19H2,1-2,4H3. The van der Waals surface area contributed by atoms with Gasteiger partial charge in [-0.1, -0.05) is 20.4 Å². The Morgan fingerprint density at radius 1 is 1.18 bits per heavy atom. The average Bonchev–Trinajstić information content (AvgIpc) is 3.22. The first-order valence-electron chi connectivity index (χ1n) is 14.6. The number of ketones is 1. The van der Waals surface area contributed by atoms with Gasteiger partial charge >= 0.3 is 5.97 Å². The van der Waals surface area contributed by atoms with Gasteiger partial charge in [-0.25, -0.2) is 0 Å². The topological polar surface area (TPSA) is 131 Å². The van der Waals surface area contributed by atoms with E-state index < -0.39 is 6.29 Å². The number of methoxy groups -OCH3 is 1. The summed E-state index contributed by atoms with van der Waals surface area (Å²) in [5.74, 6) is 0.864. The molecule has 0 spiro atoms. The minimum Gasteiger partial charge on any atom is -0.460 e. The lowest BCUT2D eigenvalue weighted by Crippen LogP contribution is -2.37. The van der Waals surface area contributed by atoms with Crippen molar-refractivity contribution in [1.82, 2.24) is 10.2 Å². The molecule has 3 unspecified atom stereocenters. The third kappa shape index (κ3) is 11.5. The predicted octanol–water partition coefficient (Wildman–Crippen LogP) is 3.21. The van der Waals surface area contributed by atoms with Gasteiger partial charge in [-0.2, -0.15) is 0 Å². The van der Waals surface area contributed by atoms with E-state index in [-0.39, 0.29) is 67.0 Å². The van der Waals surface area contributed by atoms with Crippen LogP contribution in [0.2, 0.25) is 0 Å². The maximum absolute atomic E-state index is 12.9. The Kier molecular flexibility index (Phi) is 15.8. The number of aliphatic hydroxyl groups excluding tert-OH is 1. The van der Waals surface area contributed by atoms with E-state index in [1.54, 1.807) is 0 Å². The highest BCUT2D eigenvalue weighted by molar-refractivity contribution is 8.00. The van der Waals surface area contributed by atoms with Crippen molar-refractivity contribution in [2.24, 2.45) is 11.8 Å². The molecule has 1 aliphatic carbocycles. The van der Waals surface area contributed by atoms with Crippen LogP contribution in [0.1, 0.15) is 78.1 Å². The minimum absolute atomic E-state index is 0.0385. The molecule has 2 N–H and O–H groups in total. The number of Topliss-reactive ketones (excluding diaryl/α,β-unsaturated/α-hetero) is 1. The molecule has 2 amide bonds. The highest BCUT2D eigenvalue weighted by Gasteiger charge is 2.40. The van der Waals surface area contributed by atoms with Crippen LogP contribution in [0.25, 0.3) is 0 Å². The molecule has 1 aliphatic heterocycles. The van der Waals surface area contributed by atoms with E-state index in [1.165, 1.54) is 23.8 Å². The van der Waals surface area contributed by atoms with Crippen molar-refractivity contribution < 1.29 is 38.5 Å². The van der Waals surface area contributed by atoms with Crippen molar-refractivity contribution in [3.8, 4) is 0 Å². The third-order valence-electron chi connectivity index (χ3n) is 7.60. The summed E-state index contributed by atoms with van der Waals surface area (Å²) >= 11 is 1.48. The molecule has 1 saturated carbocycles. The summed E-state index contributed by atoms with van der Waals surface area (Å²) in [6.45, 7) is 8.70. The number of hydrogen-bond donors (Lipinski definition) is 2. The number of allylic oxidation sites excluding steroid dienone is 1. The number of carbonyl (C=O) groups excluding carboxylic acids is 4. The number of likely N-dealkylation sites (tertiary alicyclic amines) is 1. The number of esters is 1. The molecule has 40 heavy (non-hydrogen) atoms. The lowest BCUT2D eigenvalue weighted by molar-refractivity contribution is -0.194. The molecule has 0 aromatic rings. The van der Waals surface area contributed by atoms with Crippen LogP contribution in [0.15, 0.2) is 12.3 Å². The van der Waals surface area contributed by atoms with Gasteiger partial charge in [-0.3, -0.25) is 24.1 Å². The number of ether oxygens (including phenoxy) is 3. The summed E-state index contributed by atoms with van der Waals surface area (Å²) in [5.41, 5.74) is 0.799. The van der Waals surface area contributed by atoms with Crippen molar-refractivity contribution >= 4 is 35.3 Å². The monoisotopic (exact) mass is 584 g/mol. The fourth-order valence-corrected chi connectivity index (χ4v) is 6.07. The molecule has 0 aromatic heterocycles. The van der Waals surface area contributed by atoms with Gasteiger partial charge in [0.25, 0.3) is 0 Å². The number of nitrogens with one attached hydrogen (secondary N) is 1. The molecular weight excluding hydrogens is 536 g/mol. The highest BCUT2D eigenvalue weighted by Crippen LogP contribution is 2.33. The summed E-state index contributed by atoms with van der Waals surface area (Å²) in [7, 11) is 1.46. The predicted molar refractivity (Wildman–Crippen MR) is 153 cm³/mol. The molecule has 0 bridgehead atoms. The van der Waals surface area contributed by atoms with Crippen LogP contribution in [0.5, 0.6) is 0 Å². The molecule has 2 aliphatic rings. The van der Waals surface area contributed by atoms with Crippen LogP contribution in [0.3, 0.4) is 0 Å². The minimum atomic E-state index is -0.721. The molecule has 11 heteroatoms. The lowest BCUT2D eigenvalue weighted by Gasteiger charge is -2.30. The van der Waals surface area contributed by atoms with E-state index in [4.69, 9.17) is 14.2 Å². The second kappa shape index (κ2) is 18.5. The fourth-order valence-electron chi connectivity index (χ4n) is 5.03. The maximum Gasteiger partial charge on any atom is 0.305 e. The Labute approximate surface area is 242 Å². The Morgan fingerprint density at radius 3 is 2.52 bits per heavy atom. The van der Waals surface area contributed by atoms with Gasteiger partial charge in [0.2, 0.25) is 11.8 Å². The number of amides is 2. The van der Waals surface area contributed by atoms with E-state index in [9.17, 15) is 24.3 Å². The first kappa shape index (κ1) is 34.3. The molecule has 3 atom stereocenters. The molecule has 0 radical (unpaired) electrons. The Balaban J connectivity index is 1.57. The smallest absolute Gasteiger partial charge is 0.305 e. The zero-order valence-electron chi connectivity index (χ0n) is 24.4. The van der Waals surface area contributed by atoms with Crippen LogP contribution in [0.4, 0.5) is 0 Å². The van der Waals surface area contributed by atoms with Crippen molar-refractivity contribution in [2.45, 2.75) is 95.7 Å². The normalized spacial score (nSPS) is 22.7. The second-order valence-electron chi connectivity index (χ2n) is 10.5. The average molecular weight is 585 g/mol. The molecular formula is C29H48N2O8S. The van der Waals surface area contributed by atoms with Crippen LogP contribution >= 0.6 is 11.8 Å². The largest absolute Gasteiger partial charge is 0.460 e. The molecule has 0 aromatic carbocycles. The summed E-state index contributed by atoms with van der Waals surface area (Å²) in [5, 5.41) is 12.1. The summed E-state index contributed by atoms with van der Waals surface area (Å²) in [6, 6.07) is 0. The summed E-state index contributed by atoms with van der Waals surface area (Å²) < 4.78 is 15.9. The van der Waals surface area contributed by atoms with E-state index in [0.29, 0.717) is 50.3 Å². The molecule has 10 nitrogen and oxygen atoms in total. The number of thioether (sulfide) groups is 1. The Bertz CT molecular complexity index is 842. The zero-order valence-corrected chi connectivity index (χ0v) is 25.2. The SMILES string of the molecule is C=C(CCCC(=O)OCC(OC)OC(CC)CO)NCCSC1CC(=O)N(CC2CCC(C(=O)CC)CC2)C1=O. The molecule has 228 valence electrons. The zero-order chi connectivity index (χ0) is 29.5. The summed E-state index contributed by atoms with van der Waals surface area (Å²) in [4.78, 5) is 50.8. The highest BCUT2D eigenvalue weighted by atomic mass is 32.2. The van der Waals surface area contributed by atoms with Crippen molar-refractivity contribution in [1.29, 1.82) is 0 Å². The van der Waals surface area contributed by atoms with Crippen LogP contribution in [0, 0.1) is 11.8 Å². The molecule has 2 rings (SSSR count). The number of hydrogen-bond acceptors (Lipinski definition) is 10. The van der Waals surface area contributed by atoms with Gasteiger partial charge in [-0.05, 0) is 50.9 Å². The molecule has 2 fully saturated rings. The number of nitrogens with zero attached hydrogens (tertiary/aromatic N) is 1. The van der Waals surface area contributed by atoms with Crippen molar-refractivity contribution in [3.63, 3.8) is 0 Å². The van der Waals surface area contributed by atoms with E-state index in [2.05, 4.69) is 11.9 Å². The number of imide groups is 1. The van der Waals surface area contributed by atoms with E-state index >= 15 is 0 Å². The first-order valence-corrected chi connectivity index (χ1v) is 15.6. The van der Waals surface area contributed by atoms with E-state index in [1.807, 2.05) is 13.8 Å². The van der Waals surface area contributed by atoms with Crippen LogP contribution in [-0.4, -0.2) is 90.4 Å². The Hall–Kier alpha value is -1.95. The Morgan fingerprint density at radius 2 is 1.90 bits per heavy atom. The molecule has 1 heterocycles. The summed E-state index contributed by atoms with van der Waals surface area (Å²) in [6.07, 6.45) is 5.26. The van der Waals surface area contributed by atoms with E-state index in [0.717, 1.165) is 31.4 Å². The molecule has 1 saturated heterocycles. The van der Waals surface area contributed by atoms with Gasteiger partial charge in [0, 0.05) is 56.8 Å². The number of aliphatic hydroxyl groups is 1.